The van der Waals surface area contributed by atoms with Gasteiger partial charge in [0.25, 0.3) is 5.91 Å². The molecule has 0 fully saturated rings. The topological polar surface area (TPSA) is 42.0 Å². The molecular weight excluding hydrogens is 391 g/mol. The Bertz CT molecular complexity index is 743. The molecule has 3 rings (SSSR count). The van der Waals surface area contributed by atoms with E-state index in [9.17, 15) is 9.18 Å². The van der Waals surface area contributed by atoms with Gasteiger partial charge in [0.05, 0.1) is 11.6 Å². The number of aromatic nitrogens is 1. The quantitative estimate of drug-likeness (QED) is 0.748. The Morgan fingerprint density at radius 1 is 1.45 bits per heavy atom. The average Bonchev–Trinajstić information content (AvgIpc) is 2.50. The van der Waals surface area contributed by atoms with Crippen LogP contribution >= 0.6 is 39.3 Å². The van der Waals surface area contributed by atoms with Crippen LogP contribution in [0.3, 0.4) is 0 Å². The van der Waals surface area contributed by atoms with E-state index in [0.717, 1.165) is 22.6 Å². The smallest absolute Gasteiger partial charge is 0.254 e. The second-order valence-electron chi connectivity index (χ2n) is 4.84. The van der Waals surface area contributed by atoms with Gasteiger partial charge >= 0.3 is 0 Å². The number of nitrogens with zero attached hydrogens (tertiary/aromatic N) is 1. The fraction of sp³-hybridized carbons (Fsp3) is 0.200. The lowest BCUT2D eigenvalue weighted by molar-refractivity contribution is 0.0934. The molecule has 1 aromatic carbocycles. The van der Waals surface area contributed by atoms with Crippen molar-refractivity contribution in [3.05, 3.63) is 57.0 Å². The van der Waals surface area contributed by atoms with E-state index in [-0.39, 0.29) is 22.9 Å². The number of fused-ring (bicyclic) bond motifs is 1. The van der Waals surface area contributed by atoms with Crippen LogP contribution in [0.15, 0.2) is 39.8 Å². The van der Waals surface area contributed by atoms with Crippen molar-refractivity contribution in [2.24, 2.45) is 0 Å². The van der Waals surface area contributed by atoms with E-state index in [1.54, 1.807) is 23.9 Å². The minimum absolute atomic E-state index is 0.144. The van der Waals surface area contributed by atoms with E-state index in [2.05, 4.69) is 26.2 Å². The van der Waals surface area contributed by atoms with Gasteiger partial charge < -0.3 is 5.32 Å². The molecule has 2 aromatic rings. The van der Waals surface area contributed by atoms with E-state index in [4.69, 9.17) is 11.6 Å². The number of carbonyl (C=O) groups is 1. The van der Waals surface area contributed by atoms with Crippen LogP contribution in [0, 0.1) is 5.82 Å². The van der Waals surface area contributed by atoms with Crippen molar-refractivity contribution in [2.75, 3.05) is 5.75 Å². The third-order valence-corrected chi connectivity index (χ3v) is 5.22. The van der Waals surface area contributed by atoms with Gasteiger partial charge in [0.2, 0.25) is 0 Å². The summed E-state index contributed by atoms with van der Waals surface area (Å²) in [5, 5.41) is 3.07. The first-order valence-electron chi connectivity index (χ1n) is 6.59. The van der Waals surface area contributed by atoms with Gasteiger partial charge in [0.1, 0.15) is 11.0 Å². The second kappa shape index (κ2) is 6.56. The number of benzene rings is 1. The lowest BCUT2D eigenvalue weighted by Gasteiger charge is -2.26. The summed E-state index contributed by atoms with van der Waals surface area (Å²) in [6, 6.07) is 6.06. The number of halogens is 3. The second-order valence-corrected chi connectivity index (χ2v) is 7.25. The van der Waals surface area contributed by atoms with Crippen LogP contribution in [0.5, 0.6) is 0 Å². The molecular formula is C15H11BrClFN2OS. The Labute approximate surface area is 144 Å². The molecule has 0 bridgehead atoms. The van der Waals surface area contributed by atoms with Gasteiger partial charge in [-0.2, -0.15) is 0 Å². The highest BCUT2D eigenvalue weighted by atomic mass is 79.9. The Balaban J connectivity index is 1.87. The number of pyridine rings is 1. The summed E-state index contributed by atoms with van der Waals surface area (Å²) in [6.45, 7) is 0. The zero-order valence-electron chi connectivity index (χ0n) is 11.3. The van der Waals surface area contributed by atoms with Crippen molar-refractivity contribution in [3.8, 4) is 0 Å². The number of thioether (sulfide) groups is 1. The first-order valence-corrected chi connectivity index (χ1v) is 8.74. The molecule has 0 saturated heterocycles. The van der Waals surface area contributed by atoms with Crippen LogP contribution in [-0.4, -0.2) is 16.6 Å². The zero-order valence-corrected chi connectivity index (χ0v) is 14.4. The third kappa shape index (κ3) is 3.29. The summed E-state index contributed by atoms with van der Waals surface area (Å²) in [5.41, 5.74) is 1.11. The largest absolute Gasteiger partial charge is 0.345 e. The van der Waals surface area contributed by atoms with Crippen molar-refractivity contribution >= 4 is 45.2 Å². The molecule has 1 amide bonds. The molecule has 0 radical (unpaired) electrons. The Kier molecular flexibility index (Phi) is 4.70. The van der Waals surface area contributed by atoms with Gasteiger partial charge in [-0.1, -0.05) is 11.6 Å². The Morgan fingerprint density at radius 3 is 3.09 bits per heavy atom. The number of nitrogens with one attached hydrogen (secondary N) is 1. The highest BCUT2D eigenvalue weighted by Gasteiger charge is 2.24. The van der Waals surface area contributed by atoms with Crippen molar-refractivity contribution in [3.63, 3.8) is 0 Å². The minimum Gasteiger partial charge on any atom is -0.345 e. The van der Waals surface area contributed by atoms with Gasteiger partial charge in [-0.15, -0.1) is 11.8 Å². The summed E-state index contributed by atoms with van der Waals surface area (Å²) in [4.78, 5) is 17.4. The summed E-state index contributed by atoms with van der Waals surface area (Å²) >= 11 is 10.9. The Hall–Kier alpha value is -1.11. The lowest BCUT2D eigenvalue weighted by Crippen LogP contribution is -2.31. The number of rotatable bonds is 2. The minimum atomic E-state index is -0.314. The summed E-state index contributed by atoms with van der Waals surface area (Å²) in [6.07, 6.45) is 2.27. The summed E-state index contributed by atoms with van der Waals surface area (Å²) < 4.78 is 14.2. The summed E-state index contributed by atoms with van der Waals surface area (Å²) in [5.74, 6) is 0.252. The van der Waals surface area contributed by atoms with Crippen molar-refractivity contribution in [2.45, 2.75) is 17.4 Å². The van der Waals surface area contributed by atoms with Crippen LogP contribution in [0.4, 0.5) is 4.39 Å². The first-order chi connectivity index (χ1) is 10.5. The molecule has 7 heteroatoms. The number of hydrogen-bond acceptors (Lipinski definition) is 3. The van der Waals surface area contributed by atoms with E-state index in [0.29, 0.717) is 10.0 Å². The molecule has 22 heavy (non-hydrogen) atoms. The highest BCUT2D eigenvalue weighted by molar-refractivity contribution is 9.10. The van der Waals surface area contributed by atoms with Crippen molar-refractivity contribution < 1.29 is 9.18 Å². The maximum Gasteiger partial charge on any atom is 0.254 e. The molecule has 0 aliphatic carbocycles. The van der Waals surface area contributed by atoms with Gasteiger partial charge in [-0.3, -0.25) is 4.79 Å². The van der Waals surface area contributed by atoms with E-state index in [1.807, 2.05) is 0 Å². The number of amides is 1. The maximum absolute atomic E-state index is 13.5. The molecule has 0 spiro atoms. The molecule has 1 aliphatic rings. The molecule has 0 unspecified atom stereocenters. The van der Waals surface area contributed by atoms with Gasteiger partial charge in [-0.25, -0.2) is 9.37 Å². The van der Waals surface area contributed by atoms with E-state index in [1.165, 1.54) is 18.3 Å². The van der Waals surface area contributed by atoms with Crippen molar-refractivity contribution in [1.29, 1.82) is 0 Å². The van der Waals surface area contributed by atoms with E-state index >= 15 is 0 Å². The molecule has 1 aromatic heterocycles. The molecule has 2 heterocycles. The van der Waals surface area contributed by atoms with Gasteiger partial charge in [-0.05, 0) is 52.2 Å². The first kappa shape index (κ1) is 15.8. The standard InChI is InChI=1S/C15H11BrClFN2OS/c16-8-5-11(14(17)19-7-8)15(21)20-12-3-4-22-13-2-1-9(18)6-10(12)13/h1-2,5-7,12H,3-4H2,(H,20,21)/t12-/m1/s1. The number of carbonyl (C=O) groups excluding carboxylic acids is 1. The van der Waals surface area contributed by atoms with Crippen LogP contribution in [0.2, 0.25) is 5.15 Å². The normalized spacial score (nSPS) is 17.0. The Morgan fingerprint density at radius 2 is 2.27 bits per heavy atom. The molecule has 0 saturated carbocycles. The fourth-order valence-electron chi connectivity index (χ4n) is 2.33. The molecule has 1 aliphatic heterocycles. The fourth-order valence-corrected chi connectivity index (χ4v) is 3.96. The van der Waals surface area contributed by atoms with Crippen LogP contribution < -0.4 is 5.32 Å². The third-order valence-electron chi connectivity index (χ3n) is 3.37. The SMILES string of the molecule is O=C(N[C@@H]1CCSc2ccc(F)cc21)c1cc(Br)cnc1Cl. The molecule has 1 N–H and O–H groups in total. The molecule has 3 nitrogen and oxygen atoms in total. The lowest BCUT2D eigenvalue weighted by atomic mass is 10.0. The van der Waals surface area contributed by atoms with Gasteiger partial charge in [0, 0.05) is 21.3 Å². The zero-order chi connectivity index (χ0) is 15.7. The predicted molar refractivity (Wildman–Crippen MR) is 88.9 cm³/mol. The maximum atomic E-state index is 13.5. The molecule has 114 valence electrons. The number of hydrogen-bond donors (Lipinski definition) is 1. The monoisotopic (exact) mass is 400 g/mol. The van der Waals surface area contributed by atoms with Crippen LogP contribution in [-0.2, 0) is 0 Å². The van der Waals surface area contributed by atoms with E-state index < -0.39 is 0 Å². The highest BCUT2D eigenvalue weighted by Crippen LogP contribution is 2.36. The van der Waals surface area contributed by atoms with Crippen LogP contribution in [0.25, 0.3) is 0 Å². The van der Waals surface area contributed by atoms with Crippen LogP contribution in [0.1, 0.15) is 28.4 Å². The predicted octanol–water partition coefficient (Wildman–Crippen LogP) is 4.60. The average molecular weight is 402 g/mol. The molecule has 1 atom stereocenters. The van der Waals surface area contributed by atoms with Crippen molar-refractivity contribution in [1.82, 2.24) is 10.3 Å². The van der Waals surface area contributed by atoms with Gasteiger partial charge in [0.15, 0.2) is 0 Å². The summed E-state index contributed by atoms with van der Waals surface area (Å²) in [7, 11) is 0.